The van der Waals surface area contributed by atoms with Gasteiger partial charge in [-0.3, -0.25) is 9.69 Å². The van der Waals surface area contributed by atoms with Gasteiger partial charge in [0.2, 0.25) is 5.91 Å². The Morgan fingerprint density at radius 3 is 2.70 bits per heavy atom. The molecule has 0 fully saturated rings. The molecule has 0 spiro atoms. The summed E-state index contributed by atoms with van der Waals surface area (Å²) in [5.41, 5.74) is 5.81. The first kappa shape index (κ1) is 20.8. The number of aromatic nitrogens is 1. The molecule has 3 heterocycles. The van der Waals surface area contributed by atoms with Gasteiger partial charge in [-0.15, -0.1) is 0 Å². The number of nitrogens with zero attached hydrogens (tertiary/aromatic N) is 3. The van der Waals surface area contributed by atoms with Gasteiger partial charge >= 0.3 is 0 Å². The Kier molecular flexibility index (Phi) is 5.21. The average Bonchev–Trinajstić information content (AvgIpc) is 3.14. The van der Waals surface area contributed by atoms with E-state index in [1.807, 2.05) is 41.3 Å². The first-order valence-corrected chi connectivity index (χ1v) is 12.5. The third-order valence-corrected chi connectivity index (χ3v) is 8.00. The van der Waals surface area contributed by atoms with Crippen molar-refractivity contribution in [3.8, 4) is 0 Å². The van der Waals surface area contributed by atoms with E-state index in [2.05, 4.69) is 46.8 Å². The summed E-state index contributed by atoms with van der Waals surface area (Å²) in [4.78, 5) is 20.1. The second-order valence-electron chi connectivity index (χ2n) is 8.74. The van der Waals surface area contributed by atoms with Crippen LogP contribution in [0.2, 0.25) is 5.02 Å². The van der Waals surface area contributed by atoms with Crippen LogP contribution in [-0.2, 0) is 24.3 Å². The van der Waals surface area contributed by atoms with Gasteiger partial charge in [-0.2, -0.15) is 0 Å². The third kappa shape index (κ3) is 3.55. The summed E-state index contributed by atoms with van der Waals surface area (Å²) >= 11 is 8.02. The van der Waals surface area contributed by atoms with Gasteiger partial charge in [-0.05, 0) is 49.0 Å². The molecule has 0 aliphatic carbocycles. The number of rotatable bonds is 3. The lowest BCUT2D eigenvalue weighted by atomic mass is 10.1. The van der Waals surface area contributed by atoms with Crippen LogP contribution < -0.4 is 4.90 Å². The Morgan fingerprint density at radius 2 is 1.79 bits per heavy atom. The molecule has 4 aromatic rings. The number of anilines is 2. The van der Waals surface area contributed by atoms with Crippen LogP contribution in [0.1, 0.15) is 17.7 Å². The molecule has 6 heteroatoms. The number of fused-ring (bicyclic) bond motifs is 5. The predicted octanol–water partition coefficient (Wildman–Crippen LogP) is 6.50. The van der Waals surface area contributed by atoms with E-state index in [1.54, 1.807) is 11.8 Å². The van der Waals surface area contributed by atoms with Gasteiger partial charge in [0.1, 0.15) is 0 Å². The van der Waals surface area contributed by atoms with Crippen LogP contribution in [0.3, 0.4) is 0 Å². The molecule has 0 unspecified atom stereocenters. The molecule has 0 atom stereocenters. The van der Waals surface area contributed by atoms with Gasteiger partial charge in [0.05, 0.1) is 11.4 Å². The highest BCUT2D eigenvalue weighted by molar-refractivity contribution is 7.99. The summed E-state index contributed by atoms with van der Waals surface area (Å²) in [5.74, 6) is 0.0886. The predicted molar refractivity (Wildman–Crippen MR) is 136 cm³/mol. The number of carbonyl (C=O) groups is 1. The van der Waals surface area contributed by atoms with E-state index in [9.17, 15) is 4.79 Å². The fourth-order valence-corrected chi connectivity index (χ4v) is 6.31. The molecule has 0 N–H and O–H groups in total. The van der Waals surface area contributed by atoms with Crippen molar-refractivity contribution in [3.05, 3.63) is 83.0 Å². The van der Waals surface area contributed by atoms with Crippen LogP contribution >= 0.6 is 23.4 Å². The van der Waals surface area contributed by atoms with Crippen LogP contribution in [-0.4, -0.2) is 29.0 Å². The first-order valence-electron chi connectivity index (χ1n) is 11.3. The van der Waals surface area contributed by atoms with Crippen molar-refractivity contribution in [2.45, 2.75) is 35.7 Å². The number of carbonyl (C=O) groups excluding carboxylic acids is 1. The van der Waals surface area contributed by atoms with Gasteiger partial charge in [-0.1, -0.05) is 53.7 Å². The smallest absolute Gasteiger partial charge is 0.233 e. The minimum Gasteiger partial charge on any atom is -0.344 e. The van der Waals surface area contributed by atoms with E-state index in [0.717, 1.165) is 40.7 Å². The Morgan fingerprint density at radius 1 is 1.00 bits per heavy atom. The summed E-state index contributed by atoms with van der Waals surface area (Å²) in [6.07, 6.45) is 1.43. The number of halogens is 1. The molecule has 2 aliphatic rings. The molecule has 6 rings (SSSR count). The zero-order chi connectivity index (χ0) is 22.5. The molecular formula is C27H24ClN3OS. The van der Waals surface area contributed by atoms with Crippen molar-refractivity contribution in [3.63, 3.8) is 0 Å². The Bertz CT molecular complexity index is 1400. The number of hydrogen-bond acceptors (Lipinski definition) is 3. The minimum absolute atomic E-state index is 0.0886. The summed E-state index contributed by atoms with van der Waals surface area (Å²) in [7, 11) is 2.17. The lowest BCUT2D eigenvalue weighted by Crippen LogP contribution is -2.30. The molecule has 33 heavy (non-hydrogen) atoms. The SMILES string of the molecule is CN1CCc2c(c3ccccc3n2CCC(=O)N2c3ccccc3Sc3ccc(Cl)cc32)C1. The van der Waals surface area contributed by atoms with E-state index >= 15 is 0 Å². The maximum atomic E-state index is 13.7. The molecule has 3 aromatic carbocycles. The van der Waals surface area contributed by atoms with E-state index in [4.69, 9.17) is 11.6 Å². The molecule has 2 aliphatic heterocycles. The first-order chi connectivity index (χ1) is 16.1. The van der Waals surface area contributed by atoms with E-state index in [-0.39, 0.29) is 5.91 Å². The van der Waals surface area contributed by atoms with E-state index < -0.39 is 0 Å². The normalized spacial score (nSPS) is 15.3. The zero-order valence-corrected chi connectivity index (χ0v) is 20.0. The number of amides is 1. The highest BCUT2D eigenvalue weighted by Gasteiger charge is 2.29. The Labute approximate surface area is 202 Å². The third-order valence-electron chi connectivity index (χ3n) is 6.64. The highest BCUT2D eigenvalue weighted by Crippen LogP contribution is 2.49. The Hall–Kier alpha value is -2.73. The Balaban J connectivity index is 1.36. The van der Waals surface area contributed by atoms with Crippen molar-refractivity contribution in [1.82, 2.24) is 9.47 Å². The molecule has 0 saturated heterocycles. The van der Waals surface area contributed by atoms with Crippen LogP contribution in [0.15, 0.2) is 76.5 Å². The van der Waals surface area contributed by atoms with Crippen molar-refractivity contribution in [2.24, 2.45) is 0 Å². The number of benzene rings is 3. The molecule has 0 radical (unpaired) electrons. The number of para-hydroxylation sites is 2. The molecule has 0 saturated carbocycles. The van der Waals surface area contributed by atoms with Crippen molar-refractivity contribution < 1.29 is 4.79 Å². The minimum atomic E-state index is 0.0886. The van der Waals surface area contributed by atoms with Crippen LogP contribution in [0.5, 0.6) is 0 Å². The maximum absolute atomic E-state index is 13.7. The fraction of sp³-hybridized carbons (Fsp3) is 0.222. The molecule has 166 valence electrons. The molecular weight excluding hydrogens is 450 g/mol. The second-order valence-corrected chi connectivity index (χ2v) is 10.3. The molecule has 1 amide bonds. The zero-order valence-electron chi connectivity index (χ0n) is 18.4. The molecule has 1 aromatic heterocycles. The summed E-state index contributed by atoms with van der Waals surface area (Å²) < 4.78 is 2.37. The number of hydrogen-bond donors (Lipinski definition) is 0. The standard InChI is InChI=1S/C27H24ClN3OS/c1-29-14-12-22-20(17-29)19-6-2-3-7-21(19)30(22)15-13-27(32)31-23-8-4-5-9-25(23)33-26-11-10-18(28)16-24(26)31/h2-11,16H,12-15,17H2,1H3. The van der Waals surface area contributed by atoms with Gasteiger partial charge in [-0.25, -0.2) is 0 Å². The van der Waals surface area contributed by atoms with Crippen molar-refractivity contribution in [1.29, 1.82) is 0 Å². The van der Waals surface area contributed by atoms with Crippen molar-refractivity contribution in [2.75, 3.05) is 18.5 Å². The van der Waals surface area contributed by atoms with Crippen molar-refractivity contribution >= 4 is 51.5 Å². The number of likely N-dealkylation sites (N-methyl/N-ethyl adjacent to an activating group) is 1. The fourth-order valence-electron chi connectivity index (χ4n) is 5.11. The maximum Gasteiger partial charge on any atom is 0.233 e. The van der Waals surface area contributed by atoms with E-state index in [0.29, 0.717) is 18.0 Å². The number of aryl methyl sites for hydroxylation is 1. The van der Waals surface area contributed by atoms with Gasteiger partial charge in [0.25, 0.3) is 0 Å². The topological polar surface area (TPSA) is 28.5 Å². The lowest BCUT2D eigenvalue weighted by Gasteiger charge is -2.31. The quantitative estimate of drug-likeness (QED) is 0.340. The van der Waals surface area contributed by atoms with Gasteiger partial charge < -0.3 is 9.47 Å². The largest absolute Gasteiger partial charge is 0.344 e. The van der Waals surface area contributed by atoms with Crippen LogP contribution in [0, 0.1) is 0 Å². The van der Waals surface area contributed by atoms with Gasteiger partial charge in [0, 0.05) is 63.9 Å². The average molecular weight is 474 g/mol. The summed E-state index contributed by atoms with van der Waals surface area (Å²) in [6.45, 7) is 2.67. The monoisotopic (exact) mass is 473 g/mol. The van der Waals surface area contributed by atoms with Crippen LogP contribution in [0.25, 0.3) is 10.9 Å². The highest BCUT2D eigenvalue weighted by atomic mass is 35.5. The van der Waals surface area contributed by atoms with Crippen LogP contribution in [0.4, 0.5) is 11.4 Å². The molecule has 4 nitrogen and oxygen atoms in total. The summed E-state index contributed by atoms with van der Waals surface area (Å²) in [5, 5.41) is 1.95. The van der Waals surface area contributed by atoms with E-state index in [1.165, 1.54) is 22.2 Å². The summed E-state index contributed by atoms with van der Waals surface area (Å²) in [6, 6.07) is 22.5. The second kappa shape index (κ2) is 8.24. The van der Waals surface area contributed by atoms with Gasteiger partial charge in [0.15, 0.2) is 0 Å². The lowest BCUT2D eigenvalue weighted by molar-refractivity contribution is -0.118. The molecule has 0 bridgehead atoms.